The molecule has 1 rings (SSSR count). The summed E-state index contributed by atoms with van der Waals surface area (Å²) in [7, 11) is 1.87. The van der Waals surface area contributed by atoms with E-state index in [1.807, 2.05) is 24.9 Å². The van der Waals surface area contributed by atoms with Crippen molar-refractivity contribution in [1.82, 2.24) is 15.3 Å². The van der Waals surface area contributed by atoms with Crippen molar-refractivity contribution in [1.29, 1.82) is 0 Å². The second kappa shape index (κ2) is 9.15. The van der Waals surface area contributed by atoms with Crippen LogP contribution in [-0.2, 0) is 11.2 Å². The molecule has 0 aliphatic carbocycles. The van der Waals surface area contributed by atoms with E-state index in [-0.39, 0.29) is 5.91 Å². The summed E-state index contributed by atoms with van der Waals surface area (Å²) in [6, 6.07) is 1.90. The number of rotatable bonds is 9. The van der Waals surface area contributed by atoms with Crippen LogP contribution in [0.15, 0.2) is 6.07 Å². The van der Waals surface area contributed by atoms with Crippen LogP contribution in [0, 0.1) is 0 Å². The zero-order valence-electron chi connectivity index (χ0n) is 13.6. The number of nitrogens with zero attached hydrogens (tertiary/aromatic N) is 3. The third-order valence-electron chi connectivity index (χ3n) is 2.93. The van der Waals surface area contributed by atoms with Crippen molar-refractivity contribution in [2.24, 2.45) is 0 Å². The lowest BCUT2D eigenvalue weighted by molar-refractivity contribution is -0.119. The van der Waals surface area contributed by atoms with Crippen molar-refractivity contribution in [3.63, 3.8) is 0 Å². The summed E-state index contributed by atoms with van der Waals surface area (Å²) < 4.78 is 0. The maximum absolute atomic E-state index is 11.7. The minimum atomic E-state index is -0.00118. The lowest BCUT2D eigenvalue weighted by Crippen LogP contribution is -2.35. The number of nitrogens with one attached hydrogen (secondary N) is 2. The first-order valence-electron chi connectivity index (χ1n) is 7.70. The molecule has 1 aromatic rings. The molecular formula is C15H27N5O. The number of aryl methyl sites for hydroxylation is 1. The van der Waals surface area contributed by atoms with Gasteiger partial charge >= 0.3 is 0 Å². The van der Waals surface area contributed by atoms with E-state index in [1.54, 1.807) is 0 Å². The zero-order valence-corrected chi connectivity index (χ0v) is 13.6. The Hall–Kier alpha value is -1.85. The Kier molecular flexibility index (Phi) is 7.50. The van der Waals surface area contributed by atoms with Crippen molar-refractivity contribution in [2.45, 2.75) is 40.0 Å². The molecule has 0 radical (unpaired) electrons. The Morgan fingerprint density at radius 1 is 1.24 bits per heavy atom. The average molecular weight is 293 g/mol. The van der Waals surface area contributed by atoms with Gasteiger partial charge in [-0.15, -0.1) is 0 Å². The highest BCUT2D eigenvalue weighted by Crippen LogP contribution is 2.15. The van der Waals surface area contributed by atoms with Crippen LogP contribution >= 0.6 is 0 Å². The molecule has 0 bridgehead atoms. The number of hydrogen-bond acceptors (Lipinski definition) is 5. The quantitative estimate of drug-likeness (QED) is 0.727. The lowest BCUT2D eigenvalue weighted by Gasteiger charge is -2.19. The Morgan fingerprint density at radius 3 is 2.62 bits per heavy atom. The Balaban J connectivity index is 2.87. The molecule has 0 atom stereocenters. The van der Waals surface area contributed by atoms with Gasteiger partial charge in [-0.3, -0.25) is 4.79 Å². The van der Waals surface area contributed by atoms with Crippen LogP contribution in [0.1, 0.15) is 39.4 Å². The van der Waals surface area contributed by atoms with E-state index in [0.717, 1.165) is 43.3 Å². The van der Waals surface area contributed by atoms with E-state index in [0.29, 0.717) is 13.1 Å². The summed E-state index contributed by atoms with van der Waals surface area (Å²) >= 11 is 0. The molecule has 0 fully saturated rings. The first kappa shape index (κ1) is 17.2. The van der Waals surface area contributed by atoms with Gasteiger partial charge in [0.05, 0.1) is 6.54 Å². The van der Waals surface area contributed by atoms with Crippen molar-refractivity contribution in [3.8, 4) is 0 Å². The summed E-state index contributed by atoms with van der Waals surface area (Å²) in [5, 5.41) is 6.08. The predicted molar refractivity (Wildman–Crippen MR) is 86.8 cm³/mol. The molecule has 0 unspecified atom stereocenters. The SMILES string of the molecule is CCCNc1cc(N(C)CC(=O)NCC)nc(CCC)n1. The monoisotopic (exact) mass is 293 g/mol. The standard InChI is InChI=1S/C15H27N5O/c1-5-8-12-18-13(17-9-6-2)10-14(19-12)20(4)11-15(21)16-7-3/h10H,5-9,11H2,1-4H3,(H,16,21)(H,17,18,19). The van der Waals surface area contributed by atoms with Crippen LogP contribution in [0.4, 0.5) is 11.6 Å². The molecule has 0 saturated heterocycles. The fourth-order valence-corrected chi connectivity index (χ4v) is 1.91. The molecule has 2 N–H and O–H groups in total. The smallest absolute Gasteiger partial charge is 0.239 e. The third-order valence-corrected chi connectivity index (χ3v) is 2.93. The highest BCUT2D eigenvalue weighted by molar-refractivity contribution is 5.80. The summed E-state index contributed by atoms with van der Waals surface area (Å²) in [6.07, 6.45) is 2.87. The topological polar surface area (TPSA) is 70.2 Å². The van der Waals surface area contributed by atoms with Crippen LogP contribution in [-0.4, -0.2) is 42.6 Å². The molecular weight excluding hydrogens is 266 g/mol. The summed E-state index contributed by atoms with van der Waals surface area (Å²) in [5.74, 6) is 2.42. The van der Waals surface area contributed by atoms with Gasteiger partial charge in [-0.1, -0.05) is 13.8 Å². The highest BCUT2D eigenvalue weighted by Gasteiger charge is 2.11. The number of amides is 1. The van der Waals surface area contributed by atoms with E-state index >= 15 is 0 Å². The number of aromatic nitrogens is 2. The molecule has 0 spiro atoms. The molecule has 21 heavy (non-hydrogen) atoms. The van der Waals surface area contributed by atoms with E-state index in [2.05, 4.69) is 34.4 Å². The number of hydrogen-bond donors (Lipinski definition) is 2. The molecule has 118 valence electrons. The molecule has 0 aliphatic rings. The molecule has 1 aromatic heterocycles. The fourth-order valence-electron chi connectivity index (χ4n) is 1.91. The van der Waals surface area contributed by atoms with E-state index in [9.17, 15) is 4.79 Å². The largest absolute Gasteiger partial charge is 0.370 e. The van der Waals surface area contributed by atoms with Crippen LogP contribution in [0.25, 0.3) is 0 Å². The third kappa shape index (κ3) is 5.97. The first-order chi connectivity index (χ1) is 10.1. The van der Waals surface area contributed by atoms with E-state index in [1.165, 1.54) is 0 Å². The maximum atomic E-state index is 11.7. The zero-order chi connectivity index (χ0) is 15.7. The Bertz CT molecular complexity index is 450. The Morgan fingerprint density at radius 2 is 2.00 bits per heavy atom. The van der Waals surface area contributed by atoms with Crippen LogP contribution in [0.3, 0.4) is 0 Å². The molecule has 6 nitrogen and oxygen atoms in total. The summed E-state index contributed by atoms with van der Waals surface area (Å²) in [6.45, 7) is 7.94. The van der Waals surface area contributed by atoms with Gasteiger partial charge in [0.25, 0.3) is 0 Å². The van der Waals surface area contributed by atoms with Crippen LogP contribution in [0.2, 0.25) is 0 Å². The van der Waals surface area contributed by atoms with Gasteiger partial charge in [0, 0.05) is 32.6 Å². The lowest BCUT2D eigenvalue weighted by atomic mass is 10.3. The van der Waals surface area contributed by atoms with Gasteiger partial charge < -0.3 is 15.5 Å². The second-order valence-electron chi connectivity index (χ2n) is 5.01. The molecule has 0 aliphatic heterocycles. The maximum Gasteiger partial charge on any atom is 0.239 e. The van der Waals surface area contributed by atoms with Crippen molar-refractivity contribution < 1.29 is 4.79 Å². The second-order valence-corrected chi connectivity index (χ2v) is 5.01. The van der Waals surface area contributed by atoms with Crippen molar-refractivity contribution in [3.05, 3.63) is 11.9 Å². The molecule has 6 heteroatoms. The minimum Gasteiger partial charge on any atom is -0.370 e. The molecule has 0 aromatic carbocycles. The van der Waals surface area contributed by atoms with Gasteiger partial charge in [-0.25, -0.2) is 9.97 Å². The van der Waals surface area contributed by atoms with Crippen LogP contribution in [0.5, 0.6) is 0 Å². The number of anilines is 2. The van der Waals surface area contributed by atoms with E-state index in [4.69, 9.17) is 0 Å². The van der Waals surface area contributed by atoms with Gasteiger partial charge in [0.1, 0.15) is 17.5 Å². The van der Waals surface area contributed by atoms with E-state index < -0.39 is 0 Å². The van der Waals surface area contributed by atoms with Gasteiger partial charge in [0.15, 0.2) is 0 Å². The summed E-state index contributed by atoms with van der Waals surface area (Å²) in [5.41, 5.74) is 0. The number of carbonyl (C=O) groups is 1. The molecule has 1 amide bonds. The van der Waals surface area contributed by atoms with Gasteiger partial charge in [-0.2, -0.15) is 0 Å². The first-order valence-corrected chi connectivity index (χ1v) is 7.70. The normalized spacial score (nSPS) is 10.3. The van der Waals surface area contributed by atoms with Crippen LogP contribution < -0.4 is 15.5 Å². The van der Waals surface area contributed by atoms with Gasteiger partial charge in [0.2, 0.25) is 5.91 Å². The highest BCUT2D eigenvalue weighted by atomic mass is 16.2. The minimum absolute atomic E-state index is 0.00118. The average Bonchev–Trinajstić information content (AvgIpc) is 2.45. The number of carbonyl (C=O) groups excluding carboxylic acids is 1. The molecule has 0 saturated carbocycles. The van der Waals surface area contributed by atoms with Crippen molar-refractivity contribution in [2.75, 3.05) is 36.9 Å². The van der Waals surface area contributed by atoms with Gasteiger partial charge in [-0.05, 0) is 19.8 Å². The summed E-state index contributed by atoms with van der Waals surface area (Å²) in [4.78, 5) is 22.6. The molecule has 1 heterocycles. The predicted octanol–water partition coefficient (Wildman–Crippen LogP) is 1.82. The Labute approximate surface area is 127 Å². The number of likely N-dealkylation sites (N-methyl/N-ethyl adjacent to an activating group) is 2. The fraction of sp³-hybridized carbons (Fsp3) is 0.667. The van der Waals surface area contributed by atoms with Crippen molar-refractivity contribution >= 4 is 17.5 Å².